The molecule has 1 heterocycles. The minimum absolute atomic E-state index is 0.214. The van der Waals surface area contributed by atoms with Crippen LogP contribution in [0.5, 0.6) is 0 Å². The number of morpholine rings is 1. The first kappa shape index (κ1) is 17.7. The van der Waals surface area contributed by atoms with Crippen LogP contribution in [-0.2, 0) is 19.1 Å². The molecular weight excluding hydrogens is 274 g/mol. The first-order chi connectivity index (χ1) is 9.78. The Morgan fingerprint density at radius 2 is 1.90 bits per heavy atom. The standard InChI is InChI=1S/C15H25NO5/c1-15(2,3)21-14(19)12(11-13(17)18)5-4-6-16-7-9-20-10-8-16/h11H,4-10H2,1-3H3,(H,17,18)/b12-11+. The number of carbonyl (C=O) groups excluding carboxylic acids is 1. The molecule has 1 aliphatic rings. The predicted octanol–water partition coefficient (Wildman–Crippen LogP) is 1.45. The molecule has 1 N–H and O–H groups in total. The fraction of sp³-hybridized carbons (Fsp3) is 0.733. The van der Waals surface area contributed by atoms with E-state index in [4.69, 9.17) is 14.6 Å². The van der Waals surface area contributed by atoms with Crippen LogP contribution in [0, 0.1) is 0 Å². The lowest BCUT2D eigenvalue weighted by Gasteiger charge is -2.26. The summed E-state index contributed by atoms with van der Waals surface area (Å²) in [6.07, 6.45) is 2.07. The van der Waals surface area contributed by atoms with Gasteiger partial charge in [-0.25, -0.2) is 9.59 Å². The number of esters is 1. The largest absolute Gasteiger partial charge is 0.478 e. The lowest BCUT2D eigenvalue weighted by Crippen LogP contribution is -2.36. The van der Waals surface area contributed by atoms with Gasteiger partial charge in [0.15, 0.2) is 0 Å². The van der Waals surface area contributed by atoms with E-state index in [1.165, 1.54) is 0 Å². The van der Waals surface area contributed by atoms with Crippen molar-refractivity contribution in [2.75, 3.05) is 32.8 Å². The Kier molecular flexibility index (Phi) is 6.84. The zero-order valence-electron chi connectivity index (χ0n) is 13.1. The van der Waals surface area contributed by atoms with Crippen molar-refractivity contribution in [3.05, 3.63) is 11.6 Å². The average molecular weight is 299 g/mol. The minimum atomic E-state index is -1.12. The number of carboxylic acids is 1. The third kappa shape index (κ3) is 7.82. The minimum Gasteiger partial charge on any atom is -0.478 e. The Morgan fingerprint density at radius 3 is 2.43 bits per heavy atom. The van der Waals surface area contributed by atoms with Gasteiger partial charge in [0.05, 0.1) is 13.2 Å². The second-order valence-electron chi connectivity index (χ2n) is 6.07. The quantitative estimate of drug-likeness (QED) is 0.591. The Hall–Kier alpha value is -1.40. The van der Waals surface area contributed by atoms with Crippen molar-refractivity contribution in [3.63, 3.8) is 0 Å². The number of hydrogen-bond donors (Lipinski definition) is 1. The molecule has 120 valence electrons. The van der Waals surface area contributed by atoms with Crippen molar-refractivity contribution in [1.82, 2.24) is 4.90 Å². The first-order valence-electron chi connectivity index (χ1n) is 7.25. The van der Waals surface area contributed by atoms with Crippen molar-refractivity contribution < 1.29 is 24.2 Å². The highest BCUT2D eigenvalue weighted by Gasteiger charge is 2.21. The van der Waals surface area contributed by atoms with Gasteiger partial charge in [-0.2, -0.15) is 0 Å². The predicted molar refractivity (Wildman–Crippen MR) is 78.1 cm³/mol. The second-order valence-corrected chi connectivity index (χ2v) is 6.07. The average Bonchev–Trinajstić information content (AvgIpc) is 2.36. The van der Waals surface area contributed by atoms with Gasteiger partial charge in [-0.15, -0.1) is 0 Å². The number of ether oxygens (including phenoxy) is 2. The Bertz CT molecular complexity index is 391. The maximum Gasteiger partial charge on any atom is 0.334 e. The van der Waals surface area contributed by atoms with Crippen molar-refractivity contribution in [2.24, 2.45) is 0 Å². The van der Waals surface area contributed by atoms with E-state index >= 15 is 0 Å². The van der Waals surface area contributed by atoms with E-state index in [2.05, 4.69) is 4.90 Å². The molecule has 0 aliphatic carbocycles. The van der Waals surface area contributed by atoms with E-state index in [1.807, 2.05) is 0 Å². The van der Waals surface area contributed by atoms with Crippen molar-refractivity contribution in [3.8, 4) is 0 Å². The summed E-state index contributed by atoms with van der Waals surface area (Å²) in [5, 5.41) is 8.87. The normalized spacial score (nSPS) is 17.6. The molecule has 0 aromatic heterocycles. The van der Waals surface area contributed by atoms with Crippen LogP contribution in [0.1, 0.15) is 33.6 Å². The van der Waals surface area contributed by atoms with E-state index in [-0.39, 0.29) is 5.57 Å². The van der Waals surface area contributed by atoms with Crippen LogP contribution in [0.4, 0.5) is 0 Å². The third-order valence-electron chi connectivity index (χ3n) is 2.98. The number of nitrogens with zero attached hydrogens (tertiary/aromatic N) is 1. The summed E-state index contributed by atoms with van der Waals surface area (Å²) in [5.74, 6) is -1.67. The molecule has 0 amide bonds. The molecule has 0 radical (unpaired) electrons. The lowest BCUT2D eigenvalue weighted by atomic mass is 10.1. The summed E-state index contributed by atoms with van der Waals surface area (Å²) in [6, 6.07) is 0. The first-order valence-corrected chi connectivity index (χ1v) is 7.25. The van der Waals surface area contributed by atoms with Crippen LogP contribution in [0.2, 0.25) is 0 Å². The maximum absolute atomic E-state index is 12.0. The number of rotatable bonds is 6. The molecule has 21 heavy (non-hydrogen) atoms. The van der Waals surface area contributed by atoms with Crippen molar-refractivity contribution >= 4 is 11.9 Å². The van der Waals surface area contributed by atoms with E-state index < -0.39 is 17.5 Å². The summed E-state index contributed by atoms with van der Waals surface area (Å²) in [4.78, 5) is 25.1. The van der Waals surface area contributed by atoms with Gasteiger partial charge in [-0.3, -0.25) is 4.90 Å². The molecule has 0 unspecified atom stereocenters. The Labute approximate surface area is 125 Å². The van der Waals surface area contributed by atoms with Gasteiger partial charge < -0.3 is 14.6 Å². The van der Waals surface area contributed by atoms with Gasteiger partial charge >= 0.3 is 11.9 Å². The van der Waals surface area contributed by atoms with E-state index in [0.29, 0.717) is 6.42 Å². The van der Waals surface area contributed by atoms with Crippen molar-refractivity contribution in [1.29, 1.82) is 0 Å². The molecule has 1 fully saturated rings. The molecule has 0 aromatic carbocycles. The van der Waals surface area contributed by atoms with Gasteiger partial charge in [0, 0.05) is 24.7 Å². The fourth-order valence-electron chi connectivity index (χ4n) is 2.04. The summed E-state index contributed by atoms with van der Waals surface area (Å²) in [5.41, 5.74) is -0.413. The summed E-state index contributed by atoms with van der Waals surface area (Å²) >= 11 is 0. The van der Waals surface area contributed by atoms with Gasteiger partial charge in [0.2, 0.25) is 0 Å². The number of carboxylic acid groups (broad SMARTS) is 1. The van der Waals surface area contributed by atoms with Crippen LogP contribution in [-0.4, -0.2) is 60.4 Å². The molecule has 1 saturated heterocycles. The summed E-state index contributed by atoms with van der Waals surface area (Å²) in [6.45, 7) is 9.32. The van der Waals surface area contributed by atoms with Crippen molar-refractivity contribution in [2.45, 2.75) is 39.2 Å². The smallest absolute Gasteiger partial charge is 0.334 e. The highest BCUT2D eigenvalue weighted by molar-refractivity contribution is 5.95. The Morgan fingerprint density at radius 1 is 1.29 bits per heavy atom. The van der Waals surface area contributed by atoms with Gasteiger partial charge in [0.25, 0.3) is 0 Å². The fourth-order valence-corrected chi connectivity index (χ4v) is 2.04. The lowest BCUT2D eigenvalue weighted by molar-refractivity contribution is -0.150. The number of aliphatic carboxylic acids is 1. The van der Waals surface area contributed by atoms with Crippen LogP contribution < -0.4 is 0 Å². The summed E-state index contributed by atoms with van der Waals surface area (Å²) < 4.78 is 10.5. The zero-order valence-corrected chi connectivity index (χ0v) is 13.1. The molecule has 1 aliphatic heterocycles. The van der Waals surface area contributed by atoms with E-state index in [9.17, 15) is 9.59 Å². The van der Waals surface area contributed by atoms with Crippen LogP contribution in [0.15, 0.2) is 11.6 Å². The molecule has 6 nitrogen and oxygen atoms in total. The van der Waals surface area contributed by atoms with Gasteiger partial charge in [0.1, 0.15) is 5.60 Å². The van der Waals surface area contributed by atoms with Crippen LogP contribution >= 0.6 is 0 Å². The second kappa shape index (κ2) is 8.14. The Balaban J connectivity index is 2.50. The summed E-state index contributed by atoms with van der Waals surface area (Å²) in [7, 11) is 0. The van der Waals surface area contributed by atoms with E-state index in [0.717, 1.165) is 45.3 Å². The third-order valence-corrected chi connectivity index (χ3v) is 2.98. The maximum atomic E-state index is 12.0. The molecule has 6 heteroatoms. The van der Waals surface area contributed by atoms with Gasteiger partial charge in [-0.05, 0) is 40.2 Å². The molecule has 0 atom stereocenters. The zero-order chi connectivity index (χ0) is 15.9. The molecule has 0 spiro atoms. The highest BCUT2D eigenvalue weighted by Crippen LogP contribution is 2.15. The molecule has 0 bridgehead atoms. The number of carbonyl (C=O) groups is 2. The molecule has 0 saturated carbocycles. The van der Waals surface area contributed by atoms with E-state index in [1.54, 1.807) is 20.8 Å². The SMILES string of the molecule is CC(C)(C)OC(=O)/C(=C/C(=O)O)CCCN1CCOCC1. The molecule has 0 aromatic rings. The monoisotopic (exact) mass is 299 g/mol. The van der Waals surface area contributed by atoms with Gasteiger partial charge in [-0.1, -0.05) is 0 Å². The van der Waals surface area contributed by atoms with Crippen LogP contribution in [0.3, 0.4) is 0 Å². The topological polar surface area (TPSA) is 76.1 Å². The highest BCUT2D eigenvalue weighted by atomic mass is 16.6. The number of hydrogen-bond acceptors (Lipinski definition) is 5. The molecule has 1 rings (SSSR count). The van der Waals surface area contributed by atoms with Crippen LogP contribution in [0.25, 0.3) is 0 Å². The molecular formula is C15H25NO5.